The lowest BCUT2D eigenvalue weighted by Gasteiger charge is -2.18. The van der Waals surface area contributed by atoms with Crippen molar-refractivity contribution in [2.45, 2.75) is 17.4 Å². The van der Waals surface area contributed by atoms with E-state index in [1.54, 1.807) is 13.2 Å². The number of para-hydroxylation sites is 1. The van der Waals surface area contributed by atoms with Crippen molar-refractivity contribution in [3.63, 3.8) is 0 Å². The first-order valence-corrected chi connectivity index (χ1v) is 11.0. The second-order valence-electron chi connectivity index (χ2n) is 7.28. The van der Waals surface area contributed by atoms with Crippen LogP contribution in [0.25, 0.3) is 22.0 Å². The van der Waals surface area contributed by atoms with Crippen molar-refractivity contribution in [1.82, 2.24) is 13.9 Å². The van der Waals surface area contributed by atoms with Gasteiger partial charge < -0.3 is 9.15 Å². The third-order valence-electron chi connectivity index (χ3n) is 5.40. The van der Waals surface area contributed by atoms with E-state index in [-0.39, 0.29) is 17.5 Å². The Morgan fingerprint density at radius 2 is 2.00 bits per heavy atom. The van der Waals surface area contributed by atoms with Gasteiger partial charge in [-0.25, -0.2) is 13.2 Å². The van der Waals surface area contributed by atoms with Gasteiger partial charge in [-0.15, -0.1) is 0 Å². The van der Waals surface area contributed by atoms with Crippen molar-refractivity contribution < 1.29 is 17.6 Å². The number of nitrogens with zero attached hydrogens (tertiary/aromatic N) is 3. The monoisotopic (exact) mass is 425 g/mol. The number of oxazole rings is 1. The molecule has 0 aliphatic carbocycles. The molecular formula is C21H19N3O5S. The van der Waals surface area contributed by atoms with Gasteiger partial charge in [0.05, 0.1) is 17.0 Å². The molecular weight excluding hydrogens is 406 g/mol. The number of aromatic nitrogens is 2. The lowest BCUT2D eigenvalue weighted by Crippen LogP contribution is -2.31. The second-order valence-corrected chi connectivity index (χ2v) is 9.22. The average Bonchev–Trinajstić information content (AvgIpc) is 3.33. The normalized spacial score (nSPS) is 17.7. The average molecular weight is 425 g/mol. The zero-order valence-electron chi connectivity index (χ0n) is 16.2. The van der Waals surface area contributed by atoms with Crippen LogP contribution in [-0.2, 0) is 17.1 Å². The molecule has 1 atom stereocenters. The number of rotatable bonds is 4. The summed E-state index contributed by atoms with van der Waals surface area (Å²) in [5.41, 5.74) is 1.55. The second kappa shape index (κ2) is 6.96. The van der Waals surface area contributed by atoms with Crippen molar-refractivity contribution >= 4 is 32.0 Å². The van der Waals surface area contributed by atoms with Gasteiger partial charge in [0.25, 0.3) is 0 Å². The summed E-state index contributed by atoms with van der Waals surface area (Å²) in [6, 6.07) is 14.0. The van der Waals surface area contributed by atoms with Crippen molar-refractivity contribution in [3.05, 3.63) is 65.3 Å². The predicted octanol–water partition coefficient (Wildman–Crippen LogP) is 2.52. The van der Waals surface area contributed by atoms with E-state index in [0.29, 0.717) is 29.8 Å². The highest BCUT2D eigenvalue weighted by Crippen LogP contribution is 2.29. The number of fused-ring (bicyclic) bond motifs is 2. The molecule has 0 spiro atoms. The fourth-order valence-electron chi connectivity index (χ4n) is 3.78. The first kappa shape index (κ1) is 18.8. The zero-order chi connectivity index (χ0) is 20.9. The van der Waals surface area contributed by atoms with Crippen LogP contribution in [0.1, 0.15) is 6.42 Å². The summed E-state index contributed by atoms with van der Waals surface area (Å²) in [6.07, 6.45) is 2.02. The Morgan fingerprint density at radius 1 is 1.17 bits per heavy atom. The molecule has 0 N–H and O–H groups in total. The molecule has 1 saturated heterocycles. The van der Waals surface area contributed by atoms with Gasteiger partial charge in [-0.1, -0.05) is 18.2 Å². The van der Waals surface area contributed by atoms with Crippen LogP contribution in [0.5, 0.6) is 5.75 Å². The Bertz CT molecular complexity index is 1420. The van der Waals surface area contributed by atoms with E-state index in [2.05, 4.69) is 4.98 Å². The molecule has 5 rings (SSSR count). The summed E-state index contributed by atoms with van der Waals surface area (Å²) in [4.78, 5) is 16.2. The Kier molecular flexibility index (Phi) is 4.37. The molecule has 8 nitrogen and oxygen atoms in total. The fourth-order valence-corrected chi connectivity index (χ4v) is 5.29. The smallest absolute Gasteiger partial charge is 0.419 e. The summed E-state index contributed by atoms with van der Waals surface area (Å²) >= 11 is 0. The topological polar surface area (TPSA) is 94.6 Å². The van der Waals surface area contributed by atoms with Crippen LogP contribution in [0.15, 0.2) is 68.8 Å². The van der Waals surface area contributed by atoms with Crippen molar-refractivity contribution in [2.75, 3.05) is 13.1 Å². The molecule has 0 bridgehead atoms. The highest BCUT2D eigenvalue weighted by molar-refractivity contribution is 7.89. The molecule has 3 heterocycles. The minimum atomic E-state index is -3.72. The summed E-state index contributed by atoms with van der Waals surface area (Å²) in [6.45, 7) is 0.599. The molecule has 2 aromatic heterocycles. The first-order chi connectivity index (χ1) is 14.4. The third kappa shape index (κ3) is 3.06. The van der Waals surface area contributed by atoms with Crippen molar-refractivity contribution in [1.29, 1.82) is 0 Å². The van der Waals surface area contributed by atoms with Crippen LogP contribution in [-0.4, -0.2) is 41.5 Å². The van der Waals surface area contributed by atoms with Gasteiger partial charge in [0.15, 0.2) is 5.58 Å². The number of sulfonamides is 1. The highest BCUT2D eigenvalue weighted by Gasteiger charge is 2.34. The van der Waals surface area contributed by atoms with Gasteiger partial charge in [0.2, 0.25) is 10.0 Å². The number of benzene rings is 2. The third-order valence-corrected chi connectivity index (χ3v) is 7.26. The molecule has 1 aliphatic rings. The molecule has 4 aromatic rings. The molecule has 0 saturated carbocycles. The van der Waals surface area contributed by atoms with Crippen molar-refractivity contribution in [3.8, 4) is 5.75 Å². The van der Waals surface area contributed by atoms with Gasteiger partial charge in [0.1, 0.15) is 17.4 Å². The number of hydrogen-bond donors (Lipinski definition) is 0. The molecule has 30 heavy (non-hydrogen) atoms. The van der Waals surface area contributed by atoms with E-state index in [0.717, 1.165) is 10.9 Å². The predicted molar refractivity (Wildman–Crippen MR) is 111 cm³/mol. The number of ether oxygens (including phenoxy) is 1. The van der Waals surface area contributed by atoms with Crippen LogP contribution in [0.4, 0.5) is 0 Å². The molecule has 9 heteroatoms. The minimum Gasteiger partial charge on any atom is -0.487 e. The lowest BCUT2D eigenvalue weighted by atomic mass is 10.2. The fraction of sp³-hybridized carbons (Fsp3) is 0.238. The van der Waals surface area contributed by atoms with Crippen LogP contribution in [0.2, 0.25) is 0 Å². The SMILES string of the molecule is Cn1c(=O)oc2ccc(S(=O)(=O)N3CC[C@H](Oc4cccc5cccnc45)C3)cc21. The van der Waals surface area contributed by atoms with Crippen LogP contribution in [0, 0.1) is 0 Å². The Balaban J connectivity index is 1.39. The standard InChI is InChI=1S/C21H19N3O5S/c1-23-17-12-16(7-8-18(17)29-21(23)25)30(26,27)24-11-9-15(13-24)28-19-6-2-4-14-5-3-10-22-20(14)19/h2-8,10,12,15H,9,11,13H2,1H3/t15-/m0/s1. The quantitative estimate of drug-likeness (QED) is 0.499. The van der Waals surface area contributed by atoms with E-state index in [1.807, 2.05) is 30.3 Å². The summed E-state index contributed by atoms with van der Waals surface area (Å²) < 4.78 is 40.2. The molecule has 0 radical (unpaired) electrons. The van der Waals surface area contributed by atoms with Crippen LogP contribution in [0.3, 0.4) is 0 Å². The van der Waals surface area contributed by atoms with E-state index in [9.17, 15) is 13.2 Å². The maximum absolute atomic E-state index is 13.1. The summed E-state index contributed by atoms with van der Waals surface area (Å²) in [5, 5.41) is 0.969. The maximum atomic E-state index is 13.1. The Morgan fingerprint density at radius 3 is 2.87 bits per heavy atom. The molecule has 154 valence electrons. The summed E-state index contributed by atoms with van der Waals surface area (Å²) in [7, 11) is -2.18. The Hall–Kier alpha value is -3.17. The number of aryl methyl sites for hydroxylation is 1. The van der Waals surface area contributed by atoms with Gasteiger partial charge in [-0.3, -0.25) is 9.55 Å². The molecule has 1 aliphatic heterocycles. The van der Waals surface area contributed by atoms with Crippen LogP contribution >= 0.6 is 0 Å². The van der Waals surface area contributed by atoms with E-state index < -0.39 is 15.8 Å². The van der Waals surface area contributed by atoms with Gasteiger partial charge in [0, 0.05) is 25.2 Å². The van der Waals surface area contributed by atoms with Gasteiger partial charge in [-0.05, 0) is 36.8 Å². The van der Waals surface area contributed by atoms with E-state index in [4.69, 9.17) is 9.15 Å². The first-order valence-electron chi connectivity index (χ1n) is 9.53. The van der Waals surface area contributed by atoms with Gasteiger partial charge in [-0.2, -0.15) is 4.31 Å². The van der Waals surface area contributed by atoms with E-state index >= 15 is 0 Å². The summed E-state index contributed by atoms with van der Waals surface area (Å²) in [5.74, 6) is 0.116. The lowest BCUT2D eigenvalue weighted by molar-refractivity contribution is 0.218. The maximum Gasteiger partial charge on any atom is 0.419 e. The molecule has 0 amide bonds. The molecule has 2 aromatic carbocycles. The van der Waals surface area contributed by atoms with E-state index in [1.165, 1.54) is 27.1 Å². The van der Waals surface area contributed by atoms with Crippen molar-refractivity contribution in [2.24, 2.45) is 7.05 Å². The molecule has 1 fully saturated rings. The van der Waals surface area contributed by atoms with Crippen LogP contribution < -0.4 is 10.5 Å². The zero-order valence-corrected chi connectivity index (χ0v) is 17.0. The number of pyridine rings is 1. The number of hydrogen-bond acceptors (Lipinski definition) is 6. The highest BCUT2D eigenvalue weighted by atomic mass is 32.2. The minimum absolute atomic E-state index is 0.124. The van der Waals surface area contributed by atoms with Gasteiger partial charge >= 0.3 is 5.76 Å². The Labute approximate surface area is 172 Å². The largest absolute Gasteiger partial charge is 0.487 e. The molecule has 0 unspecified atom stereocenters.